The van der Waals surface area contributed by atoms with Gasteiger partial charge in [-0.2, -0.15) is 0 Å². The zero-order valence-corrected chi connectivity index (χ0v) is 8.34. The van der Waals surface area contributed by atoms with Gasteiger partial charge in [-0.1, -0.05) is 0 Å². The van der Waals surface area contributed by atoms with Gasteiger partial charge in [0.1, 0.15) is 5.75 Å². The van der Waals surface area contributed by atoms with Crippen molar-refractivity contribution in [3.05, 3.63) is 18.2 Å². The van der Waals surface area contributed by atoms with Gasteiger partial charge in [-0.25, -0.2) is 8.42 Å². The fourth-order valence-electron chi connectivity index (χ4n) is 0.894. The second-order valence-corrected chi connectivity index (χ2v) is 4.73. The van der Waals surface area contributed by atoms with Crippen LogP contribution < -0.4 is 9.83 Å². The number of phenolic OH excluding ortho intramolecular Hbond substituents is 1. The Labute approximate surface area is 82.1 Å². The second kappa shape index (κ2) is 3.75. The Bertz CT molecular complexity index is 407. The number of hydrogen-bond acceptors (Lipinski definition) is 4. The lowest BCUT2D eigenvalue weighted by Gasteiger charge is -2.10. The summed E-state index contributed by atoms with van der Waals surface area (Å²) in [4.78, 5) is 0. The molecule has 0 aliphatic carbocycles. The highest BCUT2D eigenvalue weighted by atomic mass is 32.2. The van der Waals surface area contributed by atoms with Crippen molar-refractivity contribution in [2.45, 2.75) is 6.92 Å². The van der Waals surface area contributed by atoms with Gasteiger partial charge in [0.25, 0.3) is 0 Å². The molecule has 14 heavy (non-hydrogen) atoms. The molecule has 0 radical (unpaired) electrons. The normalized spacial score (nSPS) is 11.2. The highest BCUT2D eigenvalue weighted by Crippen LogP contribution is 2.22. The smallest absolute Gasteiger partial charge is 0.232 e. The van der Waals surface area contributed by atoms with Gasteiger partial charge in [0, 0.05) is 6.07 Å². The average Bonchev–Trinajstić information content (AvgIpc) is 2.01. The average molecular weight is 216 g/mol. The molecular formula is C8H10NO4S-. The molecular weight excluding hydrogens is 206 g/mol. The number of nitrogens with one attached hydrogen (secondary N) is 1. The molecule has 0 unspecified atom stereocenters. The minimum Gasteiger partial charge on any atom is -0.872 e. The summed E-state index contributed by atoms with van der Waals surface area (Å²) in [5.41, 5.74) is 0.0804. The first-order valence-electron chi connectivity index (χ1n) is 3.94. The Hall–Kier alpha value is -1.43. The van der Waals surface area contributed by atoms with Gasteiger partial charge in [-0.3, -0.25) is 4.72 Å². The number of phenols is 1. The Morgan fingerprint density at radius 2 is 2.07 bits per heavy atom. The molecule has 0 aliphatic heterocycles. The standard InChI is InChI=1S/C8H11NO4S/c1-2-14(12,13)9-6-3-7(10)5-8(11)4-6/h3-5,9-11H,2H2,1H3/p-1. The number of rotatable bonds is 3. The summed E-state index contributed by atoms with van der Waals surface area (Å²) < 4.78 is 24.4. The van der Waals surface area contributed by atoms with E-state index in [0.29, 0.717) is 0 Å². The van der Waals surface area contributed by atoms with E-state index in [9.17, 15) is 13.5 Å². The van der Waals surface area contributed by atoms with Crippen molar-refractivity contribution in [3.8, 4) is 11.5 Å². The van der Waals surface area contributed by atoms with E-state index in [1.54, 1.807) is 0 Å². The Balaban J connectivity index is 2.98. The third kappa shape index (κ3) is 2.81. The summed E-state index contributed by atoms with van der Waals surface area (Å²) in [6.07, 6.45) is 0. The maximum Gasteiger partial charge on any atom is 0.232 e. The van der Waals surface area contributed by atoms with Crippen molar-refractivity contribution in [1.82, 2.24) is 0 Å². The van der Waals surface area contributed by atoms with Gasteiger partial charge in [0.05, 0.1) is 11.4 Å². The highest BCUT2D eigenvalue weighted by molar-refractivity contribution is 7.92. The van der Waals surface area contributed by atoms with E-state index in [1.807, 2.05) is 0 Å². The SMILES string of the molecule is CCS(=O)(=O)Nc1cc([O-])cc(O)c1. The lowest BCUT2D eigenvalue weighted by molar-refractivity contribution is -0.268. The molecule has 6 heteroatoms. The molecule has 5 nitrogen and oxygen atoms in total. The molecule has 1 aromatic rings. The molecule has 1 aromatic carbocycles. The van der Waals surface area contributed by atoms with Crippen LogP contribution in [0.2, 0.25) is 0 Å². The molecule has 2 N–H and O–H groups in total. The van der Waals surface area contributed by atoms with Gasteiger partial charge in [-0.05, 0) is 19.1 Å². The summed E-state index contributed by atoms with van der Waals surface area (Å²) >= 11 is 0. The van der Waals surface area contributed by atoms with E-state index in [1.165, 1.54) is 13.0 Å². The van der Waals surface area contributed by atoms with E-state index in [4.69, 9.17) is 5.11 Å². The monoisotopic (exact) mass is 216 g/mol. The predicted molar refractivity (Wildman–Crippen MR) is 50.6 cm³/mol. The highest BCUT2D eigenvalue weighted by Gasteiger charge is 2.06. The van der Waals surface area contributed by atoms with Crippen LogP contribution in [0.25, 0.3) is 0 Å². The summed E-state index contributed by atoms with van der Waals surface area (Å²) in [5, 5.41) is 19.9. The van der Waals surface area contributed by atoms with Gasteiger partial charge >= 0.3 is 0 Å². The van der Waals surface area contributed by atoms with Crippen molar-refractivity contribution >= 4 is 15.7 Å². The van der Waals surface area contributed by atoms with Gasteiger partial charge < -0.3 is 10.2 Å². The second-order valence-electron chi connectivity index (χ2n) is 2.72. The molecule has 0 heterocycles. The first-order valence-corrected chi connectivity index (χ1v) is 5.60. The maximum absolute atomic E-state index is 11.1. The number of anilines is 1. The third-order valence-electron chi connectivity index (χ3n) is 1.54. The van der Waals surface area contributed by atoms with Crippen LogP contribution in [0.4, 0.5) is 5.69 Å². The van der Waals surface area contributed by atoms with Crippen molar-refractivity contribution in [2.75, 3.05) is 10.5 Å². The fraction of sp³-hybridized carbons (Fsp3) is 0.250. The molecule has 0 atom stereocenters. The molecule has 0 spiro atoms. The van der Waals surface area contributed by atoms with Gasteiger partial charge in [0.15, 0.2) is 0 Å². The minimum atomic E-state index is -3.41. The van der Waals surface area contributed by atoms with Crippen LogP contribution in [0.3, 0.4) is 0 Å². The summed E-state index contributed by atoms with van der Waals surface area (Å²) in [5.74, 6) is -0.790. The lowest BCUT2D eigenvalue weighted by atomic mass is 10.3. The van der Waals surface area contributed by atoms with E-state index < -0.39 is 15.8 Å². The van der Waals surface area contributed by atoms with Crippen molar-refractivity contribution in [3.63, 3.8) is 0 Å². The van der Waals surface area contributed by atoms with Crippen LogP contribution in [0.5, 0.6) is 11.5 Å². The molecule has 0 saturated heterocycles. The van der Waals surface area contributed by atoms with E-state index in [0.717, 1.165) is 12.1 Å². The number of sulfonamides is 1. The van der Waals surface area contributed by atoms with Crippen molar-refractivity contribution < 1.29 is 18.6 Å². The first kappa shape index (κ1) is 10.6. The molecule has 0 saturated carbocycles. The number of hydrogen-bond donors (Lipinski definition) is 2. The number of aromatic hydroxyl groups is 1. The molecule has 1 rings (SSSR count). The largest absolute Gasteiger partial charge is 0.872 e. The quantitative estimate of drug-likeness (QED) is 0.756. The molecule has 0 aromatic heterocycles. The topological polar surface area (TPSA) is 89.5 Å². The Morgan fingerprint density at radius 1 is 1.43 bits per heavy atom. The van der Waals surface area contributed by atoms with Gasteiger partial charge in [0.2, 0.25) is 10.0 Å². The van der Waals surface area contributed by atoms with Crippen LogP contribution in [0.1, 0.15) is 6.92 Å². The van der Waals surface area contributed by atoms with E-state index >= 15 is 0 Å². The van der Waals surface area contributed by atoms with Crippen LogP contribution in [0, 0.1) is 0 Å². The fourth-order valence-corrected chi connectivity index (χ4v) is 1.52. The summed E-state index contributed by atoms with van der Waals surface area (Å²) in [6.45, 7) is 1.48. The van der Waals surface area contributed by atoms with Crippen LogP contribution >= 0.6 is 0 Å². The zero-order chi connectivity index (χ0) is 10.8. The third-order valence-corrected chi connectivity index (χ3v) is 2.85. The minimum absolute atomic E-state index is 0.0804. The van der Waals surface area contributed by atoms with Crippen LogP contribution in [-0.2, 0) is 10.0 Å². The molecule has 0 bridgehead atoms. The van der Waals surface area contributed by atoms with Crippen molar-refractivity contribution in [2.24, 2.45) is 0 Å². The Morgan fingerprint density at radius 3 is 2.57 bits per heavy atom. The Kier molecular flexibility index (Phi) is 2.85. The van der Waals surface area contributed by atoms with Crippen LogP contribution in [0.15, 0.2) is 18.2 Å². The maximum atomic E-state index is 11.1. The molecule has 0 fully saturated rings. The zero-order valence-electron chi connectivity index (χ0n) is 7.52. The molecule has 78 valence electrons. The van der Waals surface area contributed by atoms with Crippen LogP contribution in [-0.4, -0.2) is 19.3 Å². The van der Waals surface area contributed by atoms with Crippen molar-refractivity contribution in [1.29, 1.82) is 0 Å². The van der Waals surface area contributed by atoms with E-state index in [2.05, 4.69) is 4.72 Å². The number of benzene rings is 1. The van der Waals surface area contributed by atoms with Gasteiger partial charge in [-0.15, -0.1) is 5.75 Å². The first-order chi connectivity index (χ1) is 6.43. The lowest BCUT2D eigenvalue weighted by Crippen LogP contribution is -2.14. The predicted octanol–water partition coefficient (Wildman–Crippen LogP) is 0.227. The summed E-state index contributed by atoms with van der Waals surface area (Å²) in [7, 11) is -3.41. The summed E-state index contributed by atoms with van der Waals surface area (Å²) in [6, 6.07) is 3.28. The van der Waals surface area contributed by atoms with E-state index in [-0.39, 0.29) is 17.2 Å². The molecule has 0 amide bonds. The molecule has 0 aliphatic rings.